The van der Waals surface area contributed by atoms with Crippen molar-refractivity contribution in [2.75, 3.05) is 38.5 Å². The predicted octanol–water partition coefficient (Wildman–Crippen LogP) is 3.76. The first-order chi connectivity index (χ1) is 13.2. The highest BCUT2D eigenvalue weighted by atomic mass is 35.5. The summed E-state index contributed by atoms with van der Waals surface area (Å²) < 4.78 is 0. The topological polar surface area (TPSA) is 58.3 Å². The SMILES string of the molecule is Nc1ncnc2cc(CN3CCN(CC=Cc4cc(Cl)cs4)CC3)ccc12. The molecule has 1 aliphatic heterocycles. The number of fused-ring (bicyclic) bond motifs is 1. The number of thiophene rings is 1. The van der Waals surface area contributed by atoms with Gasteiger partial charge in [0, 0.05) is 54.9 Å². The number of rotatable bonds is 5. The molecule has 2 N–H and O–H groups in total. The number of piperazine rings is 1. The first kappa shape index (κ1) is 18.4. The molecule has 3 aromatic rings. The Kier molecular flexibility index (Phi) is 5.69. The monoisotopic (exact) mass is 399 g/mol. The number of nitrogens with two attached hydrogens (primary N) is 1. The molecule has 27 heavy (non-hydrogen) atoms. The number of hydrogen-bond donors (Lipinski definition) is 1. The second-order valence-corrected chi connectivity index (χ2v) is 8.14. The predicted molar refractivity (Wildman–Crippen MR) is 114 cm³/mol. The number of halogens is 1. The first-order valence-electron chi connectivity index (χ1n) is 9.02. The quantitative estimate of drug-likeness (QED) is 0.707. The van der Waals surface area contributed by atoms with Crippen LogP contribution < -0.4 is 5.73 Å². The van der Waals surface area contributed by atoms with Gasteiger partial charge in [-0.1, -0.05) is 23.7 Å². The summed E-state index contributed by atoms with van der Waals surface area (Å²) in [5.74, 6) is 0.540. The van der Waals surface area contributed by atoms with E-state index in [1.54, 1.807) is 11.3 Å². The fraction of sp³-hybridized carbons (Fsp3) is 0.300. The van der Waals surface area contributed by atoms with Crippen molar-refractivity contribution in [3.8, 4) is 0 Å². The Bertz CT molecular complexity index is 946. The maximum atomic E-state index is 5.96. The summed E-state index contributed by atoms with van der Waals surface area (Å²) in [7, 11) is 0. The number of anilines is 1. The van der Waals surface area contributed by atoms with E-state index in [1.165, 1.54) is 16.8 Å². The van der Waals surface area contributed by atoms with Gasteiger partial charge in [-0.15, -0.1) is 11.3 Å². The van der Waals surface area contributed by atoms with Gasteiger partial charge in [-0.05, 0) is 29.8 Å². The molecule has 1 fully saturated rings. The van der Waals surface area contributed by atoms with E-state index in [-0.39, 0.29) is 0 Å². The van der Waals surface area contributed by atoms with Crippen LogP contribution in [0.4, 0.5) is 5.82 Å². The molecule has 0 bridgehead atoms. The molecule has 0 saturated carbocycles. The van der Waals surface area contributed by atoms with Crippen LogP contribution in [0.15, 0.2) is 42.0 Å². The zero-order valence-electron chi connectivity index (χ0n) is 15.0. The molecule has 7 heteroatoms. The lowest BCUT2D eigenvalue weighted by atomic mass is 10.1. The summed E-state index contributed by atoms with van der Waals surface area (Å²) in [4.78, 5) is 14.6. The van der Waals surface area contributed by atoms with Gasteiger partial charge in [0.05, 0.1) is 10.5 Å². The molecule has 2 aromatic heterocycles. The van der Waals surface area contributed by atoms with Gasteiger partial charge >= 0.3 is 0 Å². The van der Waals surface area contributed by atoms with Crippen molar-refractivity contribution >= 4 is 45.7 Å². The minimum absolute atomic E-state index is 0.540. The Morgan fingerprint density at radius 3 is 2.70 bits per heavy atom. The number of aromatic nitrogens is 2. The van der Waals surface area contributed by atoms with Crippen LogP contribution in [-0.2, 0) is 6.54 Å². The molecule has 0 aliphatic carbocycles. The third-order valence-corrected chi connectivity index (χ3v) is 6.08. The zero-order chi connectivity index (χ0) is 18.6. The molecule has 0 unspecified atom stereocenters. The molecule has 0 amide bonds. The summed E-state index contributed by atoms with van der Waals surface area (Å²) in [5, 5.41) is 3.70. The summed E-state index contributed by atoms with van der Waals surface area (Å²) in [6.45, 7) is 6.23. The maximum absolute atomic E-state index is 5.96. The maximum Gasteiger partial charge on any atom is 0.134 e. The Hall–Kier alpha value is -1.99. The molecule has 1 saturated heterocycles. The molecule has 140 valence electrons. The molecule has 3 heterocycles. The van der Waals surface area contributed by atoms with Gasteiger partial charge in [-0.2, -0.15) is 0 Å². The van der Waals surface area contributed by atoms with Crippen molar-refractivity contribution in [3.63, 3.8) is 0 Å². The van der Waals surface area contributed by atoms with E-state index >= 15 is 0 Å². The molecule has 1 aliphatic rings. The fourth-order valence-corrected chi connectivity index (χ4v) is 4.35. The first-order valence-corrected chi connectivity index (χ1v) is 10.3. The Balaban J connectivity index is 1.28. The summed E-state index contributed by atoms with van der Waals surface area (Å²) in [6, 6.07) is 8.28. The third-order valence-electron chi connectivity index (χ3n) is 4.84. The van der Waals surface area contributed by atoms with Crippen molar-refractivity contribution in [1.82, 2.24) is 19.8 Å². The second kappa shape index (κ2) is 8.35. The van der Waals surface area contributed by atoms with Gasteiger partial charge in [0.15, 0.2) is 0 Å². The van der Waals surface area contributed by atoms with Crippen molar-refractivity contribution < 1.29 is 0 Å². The van der Waals surface area contributed by atoms with Crippen molar-refractivity contribution in [3.05, 3.63) is 57.5 Å². The van der Waals surface area contributed by atoms with Crippen LogP contribution in [0, 0.1) is 0 Å². The van der Waals surface area contributed by atoms with E-state index in [1.807, 2.05) is 17.5 Å². The second-order valence-electron chi connectivity index (χ2n) is 6.76. The van der Waals surface area contributed by atoms with E-state index in [0.29, 0.717) is 5.82 Å². The molecular formula is C20H22ClN5S. The minimum Gasteiger partial charge on any atom is -0.383 e. The smallest absolute Gasteiger partial charge is 0.134 e. The fourth-order valence-electron chi connectivity index (χ4n) is 3.34. The van der Waals surface area contributed by atoms with Crippen LogP contribution in [0.25, 0.3) is 17.0 Å². The molecule has 1 aromatic carbocycles. The van der Waals surface area contributed by atoms with Crippen LogP contribution >= 0.6 is 22.9 Å². The van der Waals surface area contributed by atoms with Gasteiger partial charge in [0.2, 0.25) is 0 Å². The van der Waals surface area contributed by atoms with Crippen LogP contribution in [0.3, 0.4) is 0 Å². The Morgan fingerprint density at radius 2 is 1.93 bits per heavy atom. The van der Waals surface area contributed by atoms with Crippen molar-refractivity contribution in [2.24, 2.45) is 0 Å². The average molecular weight is 400 g/mol. The van der Waals surface area contributed by atoms with Gasteiger partial charge in [0.1, 0.15) is 12.1 Å². The van der Waals surface area contributed by atoms with Gasteiger partial charge < -0.3 is 5.73 Å². The normalized spacial score (nSPS) is 16.5. The lowest BCUT2D eigenvalue weighted by molar-refractivity contribution is 0.137. The van der Waals surface area contributed by atoms with E-state index in [0.717, 1.165) is 55.2 Å². The number of nitrogens with zero attached hydrogens (tertiary/aromatic N) is 4. The highest BCUT2D eigenvalue weighted by Gasteiger charge is 2.16. The molecule has 0 atom stereocenters. The molecule has 4 rings (SSSR count). The average Bonchev–Trinajstić information content (AvgIpc) is 3.08. The summed E-state index contributed by atoms with van der Waals surface area (Å²) >= 11 is 7.63. The minimum atomic E-state index is 0.540. The Morgan fingerprint density at radius 1 is 1.11 bits per heavy atom. The molecule has 0 spiro atoms. The zero-order valence-corrected chi connectivity index (χ0v) is 16.6. The van der Waals surface area contributed by atoms with E-state index in [2.05, 4.69) is 44.1 Å². The van der Waals surface area contributed by atoms with Crippen molar-refractivity contribution in [1.29, 1.82) is 0 Å². The number of nitrogen functional groups attached to an aromatic ring is 1. The lowest BCUT2D eigenvalue weighted by Gasteiger charge is -2.34. The van der Waals surface area contributed by atoms with E-state index in [9.17, 15) is 0 Å². The van der Waals surface area contributed by atoms with Crippen LogP contribution in [0.5, 0.6) is 0 Å². The van der Waals surface area contributed by atoms with E-state index in [4.69, 9.17) is 17.3 Å². The van der Waals surface area contributed by atoms with Crippen LogP contribution in [-0.4, -0.2) is 52.5 Å². The largest absolute Gasteiger partial charge is 0.383 e. The molecular weight excluding hydrogens is 378 g/mol. The van der Waals surface area contributed by atoms with Gasteiger partial charge in [-0.25, -0.2) is 9.97 Å². The summed E-state index contributed by atoms with van der Waals surface area (Å²) in [5.41, 5.74) is 8.09. The molecule has 0 radical (unpaired) electrons. The van der Waals surface area contributed by atoms with E-state index < -0.39 is 0 Å². The van der Waals surface area contributed by atoms with Gasteiger partial charge in [-0.3, -0.25) is 9.80 Å². The standard InChI is InChI=1S/C20H22ClN5S/c21-16-11-17(27-13-16)2-1-5-25-6-8-26(9-7-25)12-15-3-4-18-19(10-15)23-14-24-20(18)22/h1-4,10-11,13-14H,5-9,12H2,(H2,22,23,24). The van der Waals surface area contributed by atoms with Crippen LogP contribution in [0.2, 0.25) is 5.02 Å². The van der Waals surface area contributed by atoms with Gasteiger partial charge in [0.25, 0.3) is 0 Å². The lowest BCUT2D eigenvalue weighted by Crippen LogP contribution is -2.45. The highest BCUT2D eigenvalue weighted by Crippen LogP contribution is 2.21. The summed E-state index contributed by atoms with van der Waals surface area (Å²) in [6.07, 6.45) is 5.91. The number of hydrogen-bond acceptors (Lipinski definition) is 6. The third kappa shape index (κ3) is 4.65. The highest BCUT2D eigenvalue weighted by molar-refractivity contribution is 7.11. The van der Waals surface area contributed by atoms with Crippen LogP contribution in [0.1, 0.15) is 10.4 Å². The number of benzene rings is 1. The molecule has 5 nitrogen and oxygen atoms in total. The Labute approximate surface area is 168 Å². The van der Waals surface area contributed by atoms with Crippen molar-refractivity contribution in [2.45, 2.75) is 6.54 Å².